The molecule has 1 amide bonds. The topological polar surface area (TPSA) is 101 Å². The van der Waals surface area contributed by atoms with Crippen LogP contribution in [-0.4, -0.2) is 27.9 Å². The van der Waals surface area contributed by atoms with Crippen LogP contribution >= 0.6 is 0 Å². The van der Waals surface area contributed by atoms with Gasteiger partial charge in [0, 0.05) is 18.2 Å². The van der Waals surface area contributed by atoms with Crippen molar-refractivity contribution in [1.29, 1.82) is 0 Å². The largest absolute Gasteiger partial charge is 0.326 e. The van der Waals surface area contributed by atoms with Crippen LogP contribution in [0.2, 0.25) is 0 Å². The third-order valence-electron chi connectivity index (χ3n) is 2.81. The number of nitrogens with one attached hydrogen (secondary N) is 2. The second kappa shape index (κ2) is 6.14. The summed E-state index contributed by atoms with van der Waals surface area (Å²) in [6.45, 7) is 3.93. The monoisotopic (exact) mass is 285 g/mol. The van der Waals surface area contributed by atoms with E-state index in [4.69, 9.17) is 5.14 Å². The van der Waals surface area contributed by atoms with Crippen LogP contribution < -0.4 is 15.8 Å². The molecular weight excluding hydrogens is 266 g/mol. The van der Waals surface area contributed by atoms with Gasteiger partial charge in [0.15, 0.2) is 0 Å². The van der Waals surface area contributed by atoms with Crippen LogP contribution in [0.4, 0.5) is 5.69 Å². The fraction of sp³-hybridized carbons (Fsp3) is 0.417. The molecule has 7 heteroatoms. The lowest BCUT2D eigenvalue weighted by molar-refractivity contribution is -0.119. The summed E-state index contributed by atoms with van der Waals surface area (Å²) in [7, 11) is -2.03. The zero-order valence-corrected chi connectivity index (χ0v) is 12.0. The van der Waals surface area contributed by atoms with Gasteiger partial charge in [0.05, 0.1) is 4.90 Å². The highest BCUT2D eigenvalue weighted by atomic mass is 32.2. The number of rotatable bonds is 5. The third-order valence-corrected chi connectivity index (χ3v) is 3.86. The Morgan fingerprint density at radius 3 is 2.58 bits per heavy atom. The molecule has 0 aromatic heterocycles. The summed E-state index contributed by atoms with van der Waals surface area (Å²) in [4.78, 5) is 11.9. The normalized spacial score (nSPS) is 13.1. The summed E-state index contributed by atoms with van der Waals surface area (Å²) < 4.78 is 22.8. The van der Waals surface area contributed by atoms with Gasteiger partial charge in [-0.2, -0.15) is 0 Å². The number of primary sulfonamides is 1. The van der Waals surface area contributed by atoms with Crippen molar-refractivity contribution in [3.8, 4) is 0 Å². The van der Waals surface area contributed by atoms with E-state index in [9.17, 15) is 13.2 Å². The number of hydrogen-bond acceptors (Lipinski definition) is 4. The van der Waals surface area contributed by atoms with E-state index in [2.05, 4.69) is 10.6 Å². The van der Waals surface area contributed by atoms with E-state index in [1.54, 1.807) is 33.0 Å². The van der Waals surface area contributed by atoms with Crippen LogP contribution in [0.5, 0.6) is 0 Å². The van der Waals surface area contributed by atoms with Crippen LogP contribution in [0.15, 0.2) is 23.1 Å². The van der Waals surface area contributed by atoms with Crippen LogP contribution in [0, 0.1) is 12.8 Å². The Morgan fingerprint density at radius 2 is 2.05 bits per heavy atom. The molecule has 1 unspecified atom stereocenters. The summed E-state index contributed by atoms with van der Waals surface area (Å²) in [6.07, 6.45) is 0. The summed E-state index contributed by atoms with van der Waals surface area (Å²) >= 11 is 0. The maximum atomic E-state index is 11.9. The van der Waals surface area contributed by atoms with Crippen molar-refractivity contribution < 1.29 is 13.2 Å². The molecule has 0 spiro atoms. The SMILES string of the molecule is CNCC(C)C(=O)Nc1cccc(S(N)(=O)=O)c1C. The lowest BCUT2D eigenvalue weighted by Crippen LogP contribution is -2.29. The van der Waals surface area contributed by atoms with Gasteiger partial charge in [0.25, 0.3) is 0 Å². The molecule has 1 rings (SSSR count). The molecule has 0 aliphatic carbocycles. The second-order valence-corrected chi connectivity index (χ2v) is 5.95. The summed E-state index contributed by atoms with van der Waals surface area (Å²) in [5.41, 5.74) is 0.898. The van der Waals surface area contributed by atoms with Gasteiger partial charge in [-0.1, -0.05) is 13.0 Å². The fourth-order valence-electron chi connectivity index (χ4n) is 1.71. The van der Waals surface area contributed by atoms with Gasteiger partial charge in [0.2, 0.25) is 15.9 Å². The number of hydrogen-bond donors (Lipinski definition) is 3. The molecule has 0 saturated heterocycles. The highest BCUT2D eigenvalue weighted by molar-refractivity contribution is 7.89. The fourth-order valence-corrected chi connectivity index (χ4v) is 2.52. The van der Waals surface area contributed by atoms with Crippen molar-refractivity contribution in [1.82, 2.24) is 5.32 Å². The Morgan fingerprint density at radius 1 is 1.42 bits per heavy atom. The average Bonchev–Trinajstić information content (AvgIpc) is 2.30. The molecule has 0 aliphatic rings. The molecule has 0 aliphatic heterocycles. The predicted molar refractivity (Wildman–Crippen MR) is 74.3 cm³/mol. The minimum Gasteiger partial charge on any atom is -0.326 e. The zero-order chi connectivity index (χ0) is 14.6. The van der Waals surface area contributed by atoms with Gasteiger partial charge in [0.1, 0.15) is 0 Å². The molecule has 0 bridgehead atoms. The Kier molecular flexibility index (Phi) is 5.04. The quantitative estimate of drug-likeness (QED) is 0.730. The van der Waals surface area contributed by atoms with Gasteiger partial charge in [-0.05, 0) is 31.7 Å². The standard InChI is InChI=1S/C12H19N3O3S/c1-8(7-14-3)12(16)15-10-5-4-6-11(9(10)2)19(13,17)18/h4-6,8,14H,7H2,1-3H3,(H,15,16)(H2,13,17,18). The smallest absolute Gasteiger partial charge is 0.238 e. The van der Waals surface area contributed by atoms with Crippen molar-refractivity contribution in [2.45, 2.75) is 18.7 Å². The number of carbonyl (C=O) groups is 1. The maximum absolute atomic E-state index is 11.9. The van der Waals surface area contributed by atoms with Crippen molar-refractivity contribution in [3.05, 3.63) is 23.8 Å². The van der Waals surface area contributed by atoms with Gasteiger partial charge >= 0.3 is 0 Å². The summed E-state index contributed by atoms with van der Waals surface area (Å²) in [6, 6.07) is 4.61. The molecule has 0 heterocycles. The average molecular weight is 285 g/mol. The first kappa shape index (κ1) is 15.6. The van der Waals surface area contributed by atoms with Crippen LogP contribution in [0.3, 0.4) is 0 Å². The van der Waals surface area contributed by atoms with Crippen molar-refractivity contribution in [2.24, 2.45) is 11.1 Å². The summed E-state index contributed by atoms with van der Waals surface area (Å²) in [5, 5.41) is 10.7. The molecule has 19 heavy (non-hydrogen) atoms. The number of anilines is 1. The lowest BCUT2D eigenvalue weighted by Gasteiger charge is -2.14. The van der Waals surface area contributed by atoms with E-state index >= 15 is 0 Å². The molecule has 0 saturated carbocycles. The summed E-state index contributed by atoms with van der Waals surface area (Å²) in [5.74, 6) is -0.397. The number of carbonyl (C=O) groups excluding carboxylic acids is 1. The highest BCUT2D eigenvalue weighted by Gasteiger charge is 2.17. The van der Waals surface area contributed by atoms with Gasteiger partial charge < -0.3 is 10.6 Å². The van der Waals surface area contributed by atoms with E-state index in [1.807, 2.05) is 0 Å². The highest BCUT2D eigenvalue weighted by Crippen LogP contribution is 2.22. The van der Waals surface area contributed by atoms with Crippen LogP contribution in [0.1, 0.15) is 12.5 Å². The van der Waals surface area contributed by atoms with Crippen molar-refractivity contribution >= 4 is 21.6 Å². The Hall–Kier alpha value is -1.44. The van der Waals surface area contributed by atoms with E-state index in [0.717, 1.165) is 0 Å². The maximum Gasteiger partial charge on any atom is 0.238 e. The third kappa shape index (κ3) is 4.02. The predicted octanol–water partition coefficient (Wildman–Crippen LogP) is 0.436. The van der Waals surface area contributed by atoms with E-state index in [-0.39, 0.29) is 16.7 Å². The number of benzene rings is 1. The molecular formula is C12H19N3O3S. The Labute approximate surface area is 113 Å². The minimum absolute atomic E-state index is 0.0200. The van der Waals surface area contributed by atoms with Crippen LogP contribution in [-0.2, 0) is 14.8 Å². The van der Waals surface area contributed by atoms with Gasteiger partial charge in [-0.15, -0.1) is 0 Å². The lowest BCUT2D eigenvalue weighted by atomic mass is 10.1. The van der Waals surface area contributed by atoms with Gasteiger partial charge in [-0.3, -0.25) is 4.79 Å². The number of amides is 1. The van der Waals surface area contributed by atoms with Crippen molar-refractivity contribution in [2.75, 3.05) is 18.9 Å². The molecule has 106 valence electrons. The molecule has 6 nitrogen and oxygen atoms in total. The Balaban J connectivity index is 3.01. The van der Waals surface area contributed by atoms with E-state index < -0.39 is 10.0 Å². The van der Waals surface area contributed by atoms with Crippen molar-refractivity contribution in [3.63, 3.8) is 0 Å². The first-order valence-corrected chi connectivity index (χ1v) is 7.40. The molecule has 0 fully saturated rings. The van der Waals surface area contributed by atoms with E-state index in [1.165, 1.54) is 6.07 Å². The molecule has 1 atom stereocenters. The molecule has 4 N–H and O–H groups in total. The van der Waals surface area contributed by atoms with Gasteiger partial charge in [-0.25, -0.2) is 13.6 Å². The first-order chi connectivity index (χ1) is 8.77. The molecule has 1 aromatic carbocycles. The molecule has 0 radical (unpaired) electrons. The number of sulfonamides is 1. The van der Waals surface area contributed by atoms with E-state index in [0.29, 0.717) is 17.8 Å². The first-order valence-electron chi connectivity index (χ1n) is 5.85. The second-order valence-electron chi connectivity index (χ2n) is 4.42. The minimum atomic E-state index is -3.79. The Bertz CT molecular complexity index is 570. The zero-order valence-electron chi connectivity index (χ0n) is 11.2. The van der Waals surface area contributed by atoms with Crippen LogP contribution in [0.25, 0.3) is 0 Å². The molecule has 1 aromatic rings. The number of nitrogens with two attached hydrogens (primary N) is 1.